The van der Waals surface area contributed by atoms with Gasteiger partial charge in [-0.15, -0.1) is 0 Å². The molecule has 0 unspecified atom stereocenters. The van der Waals surface area contributed by atoms with E-state index in [4.69, 9.17) is 16.3 Å². The van der Waals surface area contributed by atoms with Crippen molar-refractivity contribution in [2.75, 3.05) is 39.4 Å². The third-order valence-corrected chi connectivity index (χ3v) is 5.82. The van der Waals surface area contributed by atoms with Gasteiger partial charge in [0.2, 0.25) is 10.0 Å². The van der Waals surface area contributed by atoms with E-state index >= 15 is 0 Å². The molecule has 8 heteroatoms. The Bertz CT molecular complexity index is 577. The molecule has 1 heterocycles. The highest BCUT2D eigenvalue weighted by Crippen LogP contribution is 2.24. The van der Waals surface area contributed by atoms with E-state index in [1.807, 2.05) is 0 Å². The molecular formula is C13H19BrClN2O3S+. The first-order chi connectivity index (χ1) is 9.99. The molecule has 1 aliphatic heterocycles. The number of benzene rings is 1. The van der Waals surface area contributed by atoms with Crippen molar-refractivity contribution >= 4 is 37.6 Å². The summed E-state index contributed by atoms with van der Waals surface area (Å²) >= 11 is 9.24. The maximum Gasteiger partial charge on any atom is 0.242 e. The molecule has 1 fully saturated rings. The van der Waals surface area contributed by atoms with Gasteiger partial charge in [-0.1, -0.05) is 27.5 Å². The van der Waals surface area contributed by atoms with Crippen LogP contribution in [-0.4, -0.2) is 47.8 Å². The van der Waals surface area contributed by atoms with E-state index in [1.54, 1.807) is 12.1 Å². The van der Waals surface area contributed by atoms with Crippen LogP contribution in [0.3, 0.4) is 0 Å². The average molecular weight is 399 g/mol. The maximum absolute atomic E-state index is 12.2. The standard InChI is InChI=1S/C13H18BrClN2O3S/c14-11-2-3-13(12(15)10-11)21(18,19)16-4-1-5-17-6-8-20-9-7-17/h2-3,10,16H,1,4-9H2/p+1. The van der Waals surface area contributed by atoms with Crippen molar-refractivity contribution in [3.8, 4) is 0 Å². The van der Waals surface area contributed by atoms with Gasteiger partial charge in [0.05, 0.1) is 24.8 Å². The molecule has 0 atom stereocenters. The first-order valence-corrected chi connectivity index (χ1v) is 9.50. The highest BCUT2D eigenvalue weighted by Gasteiger charge is 2.18. The lowest BCUT2D eigenvalue weighted by atomic mass is 10.3. The summed E-state index contributed by atoms with van der Waals surface area (Å²) in [7, 11) is -3.55. The topological polar surface area (TPSA) is 59.8 Å². The van der Waals surface area contributed by atoms with Crippen molar-refractivity contribution in [1.29, 1.82) is 0 Å². The van der Waals surface area contributed by atoms with Crippen LogP contribution in [0.1, 0.15) is 6.42 Å². The predicted octanol–water partition coefficient (Wildman–Crippen LogP) is 0.686. The lowest BCUT2D eigenvalue weighted by molar-refractivity contribution is -0.908. The highest BCUT2D eigenvalue weighted by atomic mass is 79.9. The molecule has 0 radical (unpaired) electrons. The van der Waals surface area contributed by atoms with Crippen molar-refractivity contribution in [3.05, 3.63) is 27.7 Å². The molecule has 0 aliphatic carbocycles. The summed E-state index contributed by atoms with van der Waals surface area (Å²) in [5.41, 5.74) is 0. The van der Waals surface area contributed by atoms with Gasteiger partial charge in [0.25, 0.3) is 0 Å². The Morgan fingerprint density at radius 2 is 2.05 bits per heavy atom. The van der Waals surface area contributed by atoms with E-state index in [0.29, 0.717) is 6.54 Å². The molecule has 0 amide bonds. The van der Waals surface area contributed by atoms with Crippen molar-refractivity contribution < 1.29 is 18.1 Å². The number of nitrogens with one attached hydrogen (secondary N) is 2. The fraction of sp³-hybridized carbons (Fsp3) is 0.538. The lowest BCUT2D eigenvalue weighted by Gasteiger charge is -2.23. The van der Waals surface area contributed by atoms with Crippen LogP contribution in [0.2, 0.25) is 5.02 Å². The Hall–Kier alpha value is -0.180. The number of hydrogen-bond donors (Lipinski definition) is 2. The summed E-state index contributed by atoms with van der Waals surface area (Å²) in [5.74, 6) is 0. The average Bonchev–Trinajstić information content (AvgIpc) is 2.44. The second-order valence-electron chi connectivity index (χ2n) is 4.94. The SMILES string of the molecule is O=S(=O)(NCCC[NH+]1CCOCC1)c1ccc(Br)cc1Cl. The number of morpholine rings is 1. The molecule has 1 aromatic rings. The minimum atomic E-state index is -3.55. The van der Waals surface area contributed by atoms with Gasteiger partial charge in [0, 0.05) is 17.4 Å². The maximum atomic E-state index is 12.2. The smallest absolute Gasteiger partial charge is 0.242 e. The third-order valence-electron chi connectivity index (χ3n) is 3.38. The van der Waals surface area contributed by atoms with Gasteiger partial charge in [0.15, 0.2) is 0 Å². The van der Waals surface area contributed by atoms with Crippen LogP contribution in [0.4, 0.5) is 0 Å². The Morgan fingerprint density at radius 3 is 2.71 bits per heavy atom. The van der Waals surface area contributed by atoms with E-state index in [2.05, 4.69) is 20.7 Å². The van der Waals surface area contributed by atoms with E-state index in [9.17, 15) is 8.42 Å². The number of hydrogen-bond acceptors (Lipinski definition) is 3. The summed E-state index contributed by atoms with van der Waals surface area (Å²) in [6.07, 6.45) is 0.794. The van der Waals surface area contributed by atoms with Crippen LogP contribution in [0.15, 0.2) is 27.6 Å². The fourth-order valence-electron chi connectivity index (χ4n) is 2.23. The zero-order valence-corrected chi connectivity index (χ0v) is 14.7. The van der Waals surface area contributed by atoms with E-state index in [-0.39, 0.29) is 9.92 Å². The summed E-state index contributed by atoms with van der Waals surface area (Å²) < 4.78 is 33.0. The molecule has 0 aromatic heterocycles. The minimum Gasteiger partial charge on any atom is -0.370 e. The Morgan fingerprint density at radius 1 is 1.33 bits per heavy atom. The lowest BCUT2D eigenvalue weighted by Crippen LogP contribution is -3.14. The zero-order chi connectivity index (χ0) is 15.3. The molecule has 2 N–H and O–H groups in total. The van der Waals surface area contributed by atoms with Gasteiger partial charge in [-0.2, -0.15) is 0 Å². The molecule has 2 rings (SSSR count). The second-order valence-corrected chi connectivity index (χ2v) is 8.00. The van der Waals surface area contributed by atoms with Crippen molar-refractivity contribution in [2.24, 2.45) is 0 Å². The predicted molar refractivity (Wildman–Crippen MR) is 85.3 cm³/mol. The summed E-state index contributed by atoms with van der Waals surface area (Å²) in [6, 6.07) is 4.74. The van der Waals surface area contributed by atoms with Crippen LogP contribution in [0, 0.1) is 0 Å². The van der Waals surface area contributed by atoms with Gasteiger partial charge in [-0.3, -0.25) is 0 Å². The molecule has 118 valence electrons. The summed E-state index contributed by atoms with van der Waals surface area (Å²) in [6.45, 7) is 4.92. The van der Waals surface area contributed by atoms with Crippen molar-refractivity contribution in [2.45, 2.75) is 11.3 Å². The first kappa shape index (κ1) is 17.2. The largest absolute Gasteiger partial charge is 0.370 e. The molecule has 0 spiro atoms. The van der Waals surface area contributed by atoms with Crippen LogP contribution >= 0.6 is 27.5 Å². The van der Waals surface area contributed by atoms with Gasteiger partial charge >= 0.3 is 0 Å². The van der Waals surface area contributed by atoms with E-state index in [0.717, 1.165) is 43.7 Å². The third kappa shape index (κ3) is 5.19. The zero-order valence-electron chi connectivity index (χ0n) is 11.6. The minimum absolute atomic E-state index is 0.117. The Labute approximate surface area is 138 Å². The van der Waals surface area contributed by atoms with Gasteiger partial charge in [-0.05, 0) is 18.2 Å². The fourth-order valence-corrected chi connectivity index (χ4v) is 4.34. The number of sulfonamides is 1. The first-order valence-electron chi connectivity index (χ1n) is 6.85. The number of quaternary nitrogens is 1. The summed E-state index contributed by atoms with van der Waals surface area (Å²) in [5, 5.41) is 0.218. The van der Waals surface area contributed by atoms with Crippen LogP contribution in [0.5, 0.6) is 0 Å². The van der Waals surface area contributed by atoms with Crippen molar-refractivity contribution in [1.82, 2.24) is 4.72 Å². The molecular weight excluding hydrogens is 380 g/mol. The quantitative estimate of drug-likeness (QED) is 0.693. The second kappa shape index (κ2) is 7.89. The molecule has 5 nitrogen and oxygen atoms in total. The molecule has 21 heavy (non-hydrogen) atoms. The number of rotatable bonds is 6. The van der Waals surface area contributed by atoms with Crippen LogP contribution in [0.25, 0.3) is 0 Å². The van der Waals surface area contributed by atoms with Crippen LogP contribution < -0.4 is 9.62 Å². The van der Waals surface area contributed by atoms with E-state index < -0.39 is 10.0 Å². The summed E-state index contributed by atoms with van der Waals surface area (Å²) in [4.78, 5) is 1.58. The molecule has 0 saturated carbocycles. The molecule has 1 aromatic carbocycles. The Kier molecular flexibility index (Phi) is 6.46. The van der Waals surface area contributed by atoms with Crippen molar-refractivity contribution in [3.63, 3.8) is 0 Å². The van der Waals surface area contributed by atoms with E-state index in [1.165, 1.54) is 11.0 Å². The van der Waals surface area contributed by atoms with Gasteiger partial charge in [-0.25, -0.2) is 13.1 Å². The van der Waals surface area contributed by atoms with Gasteiger partial charge < -0.3 is 9.64 Å². The van der Waals surface area contributed by atoms with Gasteiger partial charge in [0.1, 0.15) is 18.0 Å². The monoisotopic (exact) mass is 397 g/mol. The number of halogens is 2. The normalized spacial score (nSPS) is 17.0. The molecule has 0 bridgehead atoms. The molecule has 1 aliphatic rings. The highest BCUT2D eigenvalue weighted by molar-refractivity contribution is 9.10. The number of ether oxygens (including phenoxy) is 1. The molecule has 1 saturated heterocycles. The Balaban J connectivity index is 1.83. The van der Waals surface area contributed by atoms with Crippen LogP contribution in [-0.2, 0) is 14.8 Å².